The molecule has 0 saturated heterocycles. The molecule has 3 aromatic rings. The van der Waals surface area contributed by atoms with Gasteiger partial charge in [0.1, 0.15) is 11.9 Å². The Balaban J connectivity index is 1.96. The summed E-state index contributed by atoms with van der Waals surface area (Å²) in [4.78, 5) is 15.3. The zero-order valence-corrected chi connectivity index (χ0v) is 19.9. The summed E-state index contributed by atoms with van der Waals surface area (Å²) in [5, 5.41) is 14.0. The molecule has 4 rings (SSSR count). The van der Waals surface area contributed by atoms with Gasteiger partial charge in [0, 0.05) is 41.6 Å². The number of rotatable bonds is 1. The van der Waals surface area contributed by atoms with Crippen molar-refractivity contribution >= 4 is 27.3 Å². The van der Waals surface area contributed by atoms with E-state index in [1.807, 2.05) is 13.8 Å². The van der Waals surface area contributed by atoms with Gasteiger partial charge in [-0.3, -0.25) is 9.93 Å². The molecule has 0 spiro atoms. The molecule has 0 radical (unpaired) electrons. The number of benzene rings is 2. The first-order valence-corrected chi connectivity index (χ1v) is 12.4. The van der Waals surface area contributed by atoms with Crippen molar-refractivity contribution in [2.24, 2.45) is 5.14 Å². The van der Waals surface area contributed by atoms with Gasteiger partial charge in [0.25, 0.3) is 5.91 Å². The van der Waals surface area contributed by atoms with E-state index in [0.29, 0.717) is 38.6 Å². The van der Waals surface area contributed by atoms with Gasteiger partial charge < -0.3 is 15.4 Å². The number of fused-ring (bicyclic) bond motifs is 5. The second-order valence-corrected chi connectivity index (χ2v) is 10.5. The van der Waals surface area contributed by atoms with Crippen LogP contribution in [0.25, 0.3) is 11.3 Å². The van der Waals surface area contributed by atoms with Gasteiger partial charge in [-0.25, -0.2) is 8.60 Å². The standard InChI is InChI=1S/C24H26FN5O3S/c1-13-14(2)33-22-11-21(28-29-23(22)26)20-10-17(34(4,27)32)7-5-15(20)12-30(3)24(31)18-8-6-16(25)9-19(13)18/h5-11,13-14H,4,12H2,1-3H3,(H2,26,29)(H2,27,32). The molecule has 8 nitrogen and oxygen atoms in total. The number of carbonyl (C=O) groups excluding carboxylic acids is 1. The van der Waals surface area contributed by atoms with Crippen molar-refractivity contribution in [3.05, 3.63) is 65.0 Å². The van der Waals surface area contributed by atoms with Crippen molar-refractivity contribution in [1.82, 2.24) is 15.1 Å². The van der Waals surface area contributed by atoms with Gasteiger partial charge in [-0.05, 0) is 54.3 Å². The van der Waals surface area contributed by atoms with Crippen molar-refractivity contribution in [1.29, 1.82) is 0 Å². The number of anilines is 1. The Kier molecular flexibility index (Phi) is 6.05. The SMILES string of the molecule is C=S(N)(=O)c1ccc2c(c1)-c1cc(c(N)nn1)OC(C)C(C)c1cc(F)ccc1C(=O)N(C)C2. The van der Waals surface area contributed by atoms with Crippen LogP contribution < -0.4 is 15.6 Å². The van der Waals surface area contributed by atoms with E-state index in [9.17, 15) is 13.4 Å². The first-order valence-electron chi connectivity index (χ1n) is 10.6. The number of nitrogens with zero attached hydrogens (tertiary/aromatic N) is 3. The summed E-state index contributed by atoms with van der Waals surface area (Å²) in [5.41, 5.74) is 8.62. The molecule has 1 aliphatic rings. The Bertz CT molecular complexity index is 1390. The lowest BCUT2D eigenvalue weighted by Gasteiger charge is -2.25. The number of ether oxygens (including phenoxy) is 1. The Hall–Kier alpha value is -3.50. The smallest absolute Gasteiger partial charge is 0.254 e. The lowest BCUT2D eigenvalue weighted by Crippen LogP contribution is -2.29. The van der Waals surface area contributed by atoms with E-state index in [1.54, 1.807) is 31.3 Å². The minimum atomic E-state index is -3.00. The molecule has 3 unspecified atom stereocenters. The van der Waals surface area contributed by atoms with Crippen LogP contribution in [-0.4, -0.2) is 44.2 Å². The summed E-state index contributed by atoms with van der Waals surface area (Å²) in [5.74, 6) is 2.87. The van der Waals surface area contributed by atoms with Gasteiger partial charge in [-0.15, -0.1) is 10.2 Å². The van der Waals surface area contributed by atoms with Crippen LogP contribution in [0.5, 0.6) is 5.75 Å². The molecular formula is C24H26FN5O3S. The summed E-state index contributed by atoms with van der Waals surface area (Å²) < 4.78 is 32.7. The van der Waals surface area contributed by atoms with Crippen molar-refractivity contribution in [2.45, 2.75) is 37.3 Å². The predicted molar refractivity (Wildman–Crippen MR) is 130 cm³/mol. The van der Waals surface area contributed by atoms with E-state index < -0.39 is 21.6 Å². The normalized spacial score (nSPS) is 20.0. The molecule has 10 heteroatoms. The molecule has 2 bridgehead atoms. The molecule has 1 amide bonds. The van der Waals surface area contributed by atoms with Crippen LogP contribution in [0.15, 0.2) is 47.4 Å². The average Bonchev–Trinajstić information content (AvgIpc) is 2.78. The Morgan fingerprint density at radius 3 is 2.59 bits per heavy atom. The van der Waals surface area contributed by atoms with Crippen LogP contribution in [0.4, 0.5) is 10.2 Å². The molecule has 2 heterocycles. The molecule has 0 aliphatic carbocycles. The average molecular weight is 484 g/mol. The number of carbonyl (C=O) groups is 1. The third-order valence-corrected chi connectivity index (χ3v) is 7.10. The second-order valence-electron chi connectivity index (χ2n) is 8.53. The highest BCUT2D eigenvalue weighted by atomic mass is 32.2. The van der Waals surface area contributed by atoms with Crippen molar-refractivity contribution in [3.63, 3.8) is 0 Å². The fraction of sp³-hybridized carbons (Fsp3) is 0.250. The van der Waals surface area contributed by atoms with Crippen molar-refractivity contribution in [3.8, 4) is 17.0 Å². The Morgan fingerprint density at radius 2 is 1.88 bits per heavy atom. The van der Waals surface area contributed by atoms with Crippen LogP contribution in [-0.2, 0) is 16.3 Å². The topological polar surface area (TPSA) is 124 Å². The van der Waals surface area contributed by atoms with Crippen molar-refractivity contribution in [2.75, 3.05) is 12.8 Å². The van der Waals surface area contributed by atoms with Crippen LogP contribution in [0.3, 0.4) is 0 Å². The summed E-state index contributed by atoms with van der Waals surface area (Å²) in [6.45, 7) is 3.86. The number of hydrogen-bond donors (Lipinski definition) is 2. The van der Waals surface area contributed by atoms with Crippen LogP contribution in [0.2, 0.25) is 0 Å². The van der Waals surface area contributed by atoms with Gasteiger partial charge in [-0.1, -0.05) is 13.0 Å². The van der Waals surface area contributed by atoms with E-state index in [-0.39, 0.29) is 24.2 Å². The molecule has 34 heavy (non-hydrogen) atoms. The first kappa shape index (κ1) is 23.7. The highest BCUT2D eigenvalue weighted by Gasteiger charge is 2.27. The molecular weight excluding hydrogens is 457 g/mol. The minimum absolute atomic E-state index is 0.0859. The predicted octanol–water partition coefficient (Wildman–Crippen LogP) is 2.97. The molecule has 0 fully saturated rings. The maximum Gasteiger partial charge on any atom is 0.254 e. The van der Waals surface area contributed by atoms with Crippen LogP contribution >= 0.6 is 0 Å². The lowest BCUT2D eigenvalue weighted by molar-refractivity contribution is 0.0782. The van der Waals surface area contributed by atoms with Crippen molar-refractivity contribution < 1.29 is 18.1 Å². The summed E-state index contributed by atoms with van der Waals surface area (Å²) in [6.07, 6.45) is -0.479. The van der Waals surface area contributed by atoms with E-state index in [1.165, 1.54) is 23.1 Å². The Morgan fingerprint density at radius 1 is 1.15 bits per heavy atom. The molecule has 4 N–H and O–H groups in total. The highest BCUT2D eigenvalue weighted by molar-refractivity contribution is 7.98. The number of amides is 1. The minimum Gasteiger partial charge on any atom is -0.486 e. The maximum atomic E-state index is 14.2. The lowest BCUT2D eigenvalue weighted by atomic mass is 9.91. The monoisotopic (exact) mass is 483 g/mol. The number of hydrogen-bond acceptors (Lipinski definition) is 6. The quantitative estimate of drug-likeness (QED) is 0.513. The van der Waals surface area contributed by atoms with E-state index in [4.69, 9.17) is 15.6 Å². The van der Waals surface area contributed by atoms with Gasteiger partial charge >= 0.3 is 0 Å². The van der Waals surface area contributed by atoms with Crippen LogP contribution in [0.1, 0.15) is 41.3 Å². The first-order chi connectivity index (χ1) is 16.0. The second kappa shape index (κ2) is 8.69. The Labute approximate surface area is 197 Å². The zero-order valence-electron chi connectivity index (χ0n) is 19.1. The molecule has 3 atom stereocenters. The molecule has 1 aromatic heterocycles. The molecule has 2 aromatic carbocycles. The number of nitrogen functional groups attached to an aromatic ring is 1. The number of aromatic nitrogens is 2. The highest BCUT2D eigenvalue weighted by Crippen LogP contribution is 2.34. The number of halogens is 1. The van der Waals surface area contributed by atoms with Crippen LogP contribution in [0, 0.1) is 5.82 Å². The largest absolute Gasteiger partial charge is 0.486 e. The third kappa shape index (κ3) is 4.46. The summed E-state index contributed by atoms with van der Waals surface area (Å²) in [7, 11) is -1.34. The van der Waals surface area contributed by atoms with Gasteiger partial charge in [-0.2, -0.15) is 0 Å². The third-order valence-electron chi connectivity index (χ3n) is 6.05. The van der Waals surface area contributed by atoms with E-state index in [0.717, 1.165) is 0 Å². The van der Waals surface area contributed by atoms with Gasteiger partial charge in [0.05, 0.1) is 15.4 Å². The number of nitrogens with two attached hydrogens (primary N) is 2. The maximum absolute atomic E-state index is 14.2. The molecule has 178 valence electrons. The van der Waals surface area contributed by atoms with E-state index >= 15 is 0 Å². The fourth-order valence-corrected chi connectivity index (χ4v) is 4.57. The molecule has 1 aliphatic heterocycles. The van der Waals surface area contributed by atoms with Gasteiger partial charge in [0.2, 0.25) is 0 Å². The summed E-state index contributed by atoms with van der Waals surface area (Å²) in [6, 6.07) is 10.7. The summed E-state index contributed by atoms with van der Waals surface area (Å²) >= 11 is 0. The van der Waals surface area contributed by atoms with Gasteiger partial charge in [0.15, 0.2) is 11.6 Å². The van der Waals surface area contributed by atoms with E-state index in [2.05, 4.69) is 16.1 Å². The fourth-order valence-electron chi connectivity index (χ4n) is 3.95. The molecule has 0 saturated carbocycles. The zero-order chi connectivity index (χ0) is 24.8.